The fraction of sp³-hybridized carbons (Fsp3) is 0.375. The Balaban J connectivity index is 2.70. The molecule has 1 heterocycles. The van der Waals surface area contributed by atoms with E-state index in [4.69, 9.17) is 5.73 Å². The smallest absolute Gasteiger partial charge is 0.324 e. The van der Waals surface area contributed by atoms with Crippen LogP contribution in [0.15, 0.2) is 18.3 Å². The lowest BCUT2D eigenvalue weighted by atomic mass is 10.1. The van der Waals surface area contributed by atoms with Crippen LogP contribution >= 0.6 is 0 Å². The second-order valence-corrected chi connectivity index (χ2v) is 2.84. The van der Waals surface area contributed by atoms with Crippen molar-refractivity contribution in [1.29, 1.82) is 0 Å². The first-order valence-corrected chi connectivity index (χ1v) is 3.82. The van der Waals surface area contributed by atoms with Crippen molar-refractivity contribution in [2.24, 2.45) is 5.73 Å². The zero-order chi connectivity index (χ0) is 10.8. The van der Waals surface area contributed by atoms with Crippen molar-refractivity contribution in [1.82, 2.24) is 4.98 Å². The summed E-state index contributed by atoms with van der Waals surface area (Å²) in [7, 11) is 0. The largest absolute Gasteiger partial charge is 0.390 e. The summed E-state index contributed by atoms with van der Waals surface area (Å²) >= 11 is 0. The number of nitrogens with two attached hydrogens (primary N) is 1. The van der Waals surface area contributed by atoms with Gasteiger partial charge in [-0.2, -0.15) is 17.6 Å². The molecule has 1 aromatic rings. The highest BCUT2D eigenvalue weighted by Gasteiger charge is 2.30. The van der Waals surface area contributed by atoms with Gasteiger partial charge in [0, 0.05) is 12.2 Å². The van der Waals surface area contributed by atoms with E-state index in [1.165, 1.54) is 6.07 Å². The molecule has 1 aromatic heterocycles. The van der Waals surface area contributed by atoms with Gasteiger partial charge >= 0.3 is 6.18 Å². The van der Waals surface area contributed by atoms with E-state index >= 15 is 0 Å². The second-order valence-electron chi connectivity index (χ2n) is 2.84. The third kappa shape index (κ3) is 3.29. The molecule has 78 valence electrons. The number of hydrogen-bond acceptors (Lipinski definition) is 2. The average Bonchev–Trinajstić information content (AvgIpc) is 2.02. The van der Waals surface area contributed by atoms with Gasteiger partial charge < -0.3 is 5.73 Å². The third-order valence-corrected chi connectivity index (χ3v) is 1.63. The highest BCUT2D eigenvalue weighted by atomic mass is 19.4. The Morgan fingerprint density at radius 1 is 1.36 bits per heavy atom. The van der Waals surface area contributed by atoms with Crippen molar-refractivity contribution in [3.63, 3.8) is 0 Å². The van der Waals surface area contributed by atoms with E-state index < -0.39 is 24.6 Å². The second kappa shape index (κ2) is 3.91. The number of nitrogens with zero attached hydrogens (tertiary/aromatic N) is 1. The maximum atomic E-state index is 12.3. The monoisotopic (exact) mass is 208 g/mol. The van der Waals surface area contributed by atoms with Crippen LogP contribution in [0.3, 0.4) is 0 Å². The minimum absolute atomic E-state index is 0.170. The van der Waals surface area contributed by atoms with Gasteiger partial charge in [0.05, 0.1) is 6.42 Å². The van der Waals surface area contributed by atoms with Crippen molar-refractivity contribution in [2.75, 3.05) is 0 Å². The van der Waals surface area contributed by atoms with Crippen LogP contribution in [-0.2, 0) is 0 Å². The maximum absolute atomic E-state index is 12.3. The standard InChI is InChI=1S/C8H8F4N2/c9-7-2-1-5(4-14-7)6(13)3-8(10,11)12/h1-2,4,6H,3,13H2. The molecule has 14 heavy (non-hydrogen) atoms. The summed E-state index contributed by atoms with van der Waals surface area (Å²) in [5, 5.41) is 0. The summed E-state index contributed by atoms with van der Waals surface area (Å²) in [6, 6.07) is 0.979. The summed E-state index contributed by atoms with van der Waals surface area (Å²) < 4.78 is 48.0. The van der Waals surface area contributed by atoms with Crippen molar-refractivity contribution in [3.8, 4) is 0 Å². The molecule has 1 unspecified atom stereocenters. The summed E-state index contributed by atoms with van der Waals surface area (Å²) in [4.78, 5) is 3.22. The van der Waals surface area contributed by atoms with Crippen LogP contribution < -0.4 is 5.73 Å². The molecule has 1 atom stereocenters. The molecule has 0 radical (unpaired) electrons. The Morgan fingerprint density at radius 3 is 2.43 bits per heavy atom. The summed E-state index contributed by atoms with van der Waals surface area (Å²) in [5.74, 6) is -0.743. The Labute approximate surface area is 77.7 Å². The number of aromatic nitrogens is 1. The number of rotatable bonds is 2. The van der Waals surface area contributed by atoms with E-state index in [1.807, 2.05) is 0 Å². The fourth-order valence-corrected chi connectivity index (χ4v) is 0.974. The first-order valence-electron chi connectivity index (χ1n) is 3.82. The third-order valence-electron chi connectivity index (χ3n) is 1.63. The van der Waals surface area contributed by atoms with Gasteiger partial charge in [0.25, 0.3) is 0 Å². The molecule has 0 aromatic carbocycles. The molecule has 0 spiro atoms. The molecule has 0 fully saturated rings. The number of halogens is 4. The van der Waals surface area contributed by atoms with Gasteiger partial charge in [0.2, 0.25) is 5.95 Å². The van der Waals surface area contributed by atoms with Gasteiger partial charge in [0.15, 0.2) is 0 Å². The molecule has 2 nitrogen and oxygen atoms in total. The van der Waals surface area contributed by atoms with Crippen molar-refractivity contribution in [3.05, 3.63) is 29.8 Å². The lowest BCUT2D eigenvalue weighted by molar-refractivity contribution is -0.138. The maximum Gasteiger partial charge on any atom is 0.390 e. The quantitative estimate of drug-likeness (QED) is 0.597. The van der Waals surface area contributed by atoms with E-state index in [1.54, 1.807) is 0 Å². The lowest BCUT2D eigenvalue weighted by Gasteiger charge is -2.13. The molecular weight excluding hydrogens is 200 g/mol. The average molecular weight is 208 g/mol. The fourth-order valence-electron chi connectivity index (χ4n) is 0.974. The minimum Gasteiger partial charge on any atom is -0.324 e. The normalized spacial score (nSPS) is 14.1. The molecular formula is C8H8F4N2. The SMILES string of the molecule is NC(CC(F)(F)F)c1ccc(F)nc1. The molecule has 2 N–H and O–H groups in total. The molecule has 0 saturated heterocycles. The van der Waals surface area contributed by atoms with Crippen molar-refractivity contribution in [2.45, 2.75) is 18.6 Å². The lowest BCUT2D eigenvalue weighted by Crippen LogP contribution is -2.20. The molecule has 6 heteroatoms. The van der Waals surface area contributed by atoms with Crippen LogP contribution in [0.1, 0.15) is 18.0 Å². The molecule has 0 bridgehead atoms. The van der Waals surface area contributed by atoms with Crippen LogP contribution in [0.4, 0.5) is 17.6 Å². The zero-order valence-electron chi connectivity index (χ0n) is 7.05. The van der Waals surface area contributed by atoms with Gasteiger partial charge in [-0.3, -0.25) is 0 Å². The van der Waals surface area contributed by atoms with Crippen molar-refractivity contribution < 1.29 is 17.6 Å². The van der Waals surface area contributed by atoms with E-state index in [9.17, 15) is 17.6 Å². The van der Waals surface area contributed by atoms with Crippen LogP contribution in [0.5, 0.6) is 0 Å². The van der Waals surface area contributed by atoms with Crippen LogP contribution in [0.25, 0.3) is 0 Å². The van der Waals surface area contributed by atoms with Crippen LogP contribution in [0.2, 0.25) is 0 Å². The Morgan fingerprint density at radius 2 is 2.00 bits per heavy atom. The number of pyridine rings is 1. The van der Waals surface area contributed by atoms with Gasteiger partial charge in [-0.25, -0.2) is 4.98 Å². The number of hydrogen-bond donors (Lipinski definition) is 1. The van der Waals surface area contributed by atoms with Crippen molar-refractivity contribution >= 4 is 0 Å². The summed E-state index contributed by atoms with van der Waals surface area (Å²) in [6.45, 7) is 0. The zero-order valence-corrected chi connectivity index (χ0v) is 7.05. The van der Waals surface area contributed by atoms with E-state index in [0.29, 0.717) is 0 Å². The highest BCUT2D eigenvalue weighted by Crippen LogP contribution is 2.27. The van der Waals surface area contributed by atoms with E-state index in [-0.39, 0.29) is 5.56 Å². The first-order chi connectivity index (χ1) is 6.38. The molecule has 0 saturated carbocycles. The highest BCUT2D eigenvalue weighted by molar-refractivity contribution is 5.13. The van der Waals surface area contributed by atoms with E-state index in [2.05, 4.69) is 4.98 Å². The van der Waals surface area contributed by atoms with E-state index in [0.717, 1.165) is 12.3 Å². The summed E-state index contributed by atoms with van der Waals surface area (Å²) in [5.41, 5.74) is 5.42. The van der Waals surface area contributed by atoms with Gasteiger partial charge in [0.1, 0.15) is 0 Å². The van der Waals surface area contributed by atoms with Crippen LogP contribution in [0, 0.1) is 5.95 Å². The Kier molecular flexibility index (Phi) is 3.05. The summed E-state index contributed by atoms with van der Waals surface area (Å²) in [6.07, 6.45) is -4.46. The minimum atomic E-state index is -4.33. The topological polar surface area (TPSA) is 38.9 Å². The predicted octanol–water partition coefficient (Wildman–Crippen LogP) is 2.17. The molecule has 0 aliphatic rings. The number of alkyl halides is 3. The molecule has 0 aliphatic carbocycles. The molecule has 0 amide bonds. The first kappa shape index (κ1) is 10.9. The molecule has 1 rings (SSSR count). The van der Waals surface area contributed by atoms with Crippen LogP contribution in [-0.4, -0.2) is 11.2 Å². The predicted molar refractivity (Wildman–Crippen MR) is 41.8 cm³/mol. The van der Waals surface area contributed by atoms with Gasteiger partial charge in [-0.15, -0.1) is 0 Å². The van der Waals surface area contributed by atoms with Gasteiger partial charge in [-0.05, 0) is 11.6 Å². The van der Waals surface area contributed by atoms with Gasteiger partial charge in [-0.1, -0.05) is 6.07 Å². The Bertz CT molecular complexity index is 293. The Hall–Kier alpha value is -1.17. The molecule has 0 aliphatic heterocycles.